The normalized spacial score (nSPS) is 14.4. The number of nitrogens with zero attached hydrogens (tertiary/aromatic N) is 1. The number of carbonyl (C=O) groups excluding carboxylic acids is 1. The van der Waals surface area contributed by atoms with Gasteiger partial charge in [-0.25, -0.2) is 4.57 Å². The predicted octanol–water partition coefficient (Wildman–Crippen LogP) is 12.5. The number of allylic oxidation sites excluding steroid dienone is 9. The lowest BCUT2D eigenvalue weighted by Crippen LogP contribution is -2.37. The van der Waals surface area contributed by atoms with Gasteiger partial charge >= 0.3 is 13.8 Å². The third kappa shape index (κ3) is 41.1. The Labute approximate surface area is 326 Å². The largest absolute Gasteiger partial charge is 0.492 e. The Kier molecular flexibility index (Phi) is 35.6. The molecule has 308 valence electrons. The Morgan fingerprint density at radius 1 is 0.604 bits per heavy atom. The molecule has 8 nitrogen and oxygen atoms in total. The van der Waals surface area contributed by atoms with E-state index in [-0.39, 0.29) is 25.8 Å². The molecule has 0 fully saturated rings. The van der Waals surface area contributed by atoms with Crippen molar-refractivity contribution in [1.29, 1.82) is 0 Å². The second-order valence-corrected chi connectivity index (χ2v) is 16.5. The van der Waals surface area contributed by atoms with Crippen molar-refractivity contribution in [2.45, 2.75) is 168 Å². The summed E-state index contributed by atoms with van der Waals surface area (Å²) in [7, 11) is 1.64. The van der Waals surface area contributed by atoms with Crippen LogP contribution >= 0.6 is 7.82 Å². The second-order valence-electron chi connectivity index (χ2n) is 15.1. The molecule has 2 atom stereocenters. The van der Waals surface area contributed by atoms with E-state index in [0.29, 0.717) is 17.4 Å². The lowest BCUT2D eigenvalue weighted by atomic mass is 10.1. The molecule has 1 N–H and O–H groups in total. The van der Waals surface area contributed by atoms with Crippen molar-refractivity contribution in [1.82, 2.24) is 0 Å². The van der Waals surface area contributed by atoms with Gasteiger partial charge in [0.25, 0.3) is 0 Å². The highest BCUT2D eigenvalue weighted by molar-refractivity contribution is 7.47. The number of hydrogen-bond acceptors (Lipinski definition) is 6. The van der Waals surface area contributed by atoms with Gasteiger partial charge in [-0.3, -0.25) is 13.8 Å². The Bertz CT molecular complexity index is 1030. The van der Waals surface area contributed by atoms with Gasteiger partial charge in [0.15, 0.2) is 6.10 Å². The van der Waals surface area contributed by atoms with Crippen LogP contribution in [0.3, 0.4) is 0 Å². The summed E-state index contributed by atoms with van der Waals surface area (Å²) in [4.78, 5) is 22.6. The quantitative estimate of drug-likeness (QED) is 0.0167. The van der Waals surface area contributed by atoms with Gasteiger partial charge in [-0.1, -0.05) is 120 Å². The molecule has 0 heterocycles. The third-order valence-corrected chi connectivity index (χ3v) is 9.62. The fourth-order valence-corrected chi connectivity index (χ4v) is 5.98. The number of phosphoric acid groups is 1. The molecule has 53 heavy (non-hydrogen) atoms. The number of rotatable bonds is 38. The van der Waals surface area contributed by atoms with Crippen LogP contribution in [0.2, 0.25) is 0 Å². The van der Waals surface area contributed by atoms with Crippen molar-refractivity contribution in [3.8, 4) is 0 Å². The molecule has 0 bridgehead atoms. The lowest BCUT2D eigenvalue weighted by Gasteiger charge is -2.24. The first kappa shape index (κ1) is 51.0. The van der Waals surface area contributed by atoms with E-state index in [1.165, 1.54) is 96.3 Å². The fraction of sp³-hybridized carbons (Fsp3) is 0.750. The molecule has 0 saturated heterocycles. The molecule has 0 amide bonds. The number of hydrogen-bond donors (Lipinski definition) is 1. The molecule has 2 unspecified atom stereocenters. The average molecular weight is 767 g/mol. The zero-order valence-electron chi connectivity index (χ0n) is 34.7. The summed E-state index contributed by atoms with van der Waals surface area (Å²) in [5.41, 5.74) is 0. The maximum absolute atomic E-state index is 12.5. The van der Waals surface area contributed by atoms with E-state index in [4.69, 9.17) is 18.5 Å². The molecular formula is C44H81NO7P+. The molecule has 0 spiro atoms. The molecule has 0 radical (unpaired) electrons. The van der Waals surface area contributed by atoms with Crippen molar-refractivity contribution in [2.24, 2.45) is 0 Å². The first-order valence-electron chi connectivity index (χ1n) is 21.1. The van der Waals surface area contributed by atoms with Crippen molar-refractivity contribution >= 4 is 13.8 Å². The Morgan fingerprint density at radius 2 is 1.06 bits per heavy atom. The van der Waals surface area contributed by atoms with Crippen molar-refractivity contribution < 1.29 is 37.3 Å². The number of likely N-dealkylation sites (N-methyl/N-ethyl adjacent to an activating group) is 1. The maximum atomic E-state index is 12.5. The first-order valence-corrected chi connectivity index (χ1v) is 22.6. The highest BCUT2D eigenvalue weighted by atomic mass is 31.2. The smallest absolute Gasteiger partial charge is 0.472 e. The van der Waals surface area contributed by atoms with E-state index < -0.39 is 13.9 Å². The first-order chi connectivity index (χ1) is 25.6. The maximum Gasteiger partial charge on any atom is 0.472 e. The minimum atomic E-state index is -4.28. The molecule has 0 aromatic heterocycles. The van der Waals surface area contributed by atoms with Crippen molar-refractivity contribution in [3.63, 3.8) is 0 Å². The van der Waals surface area contributed by atoms with Crippen LogP contribution < -0.4 is 0 Å². The van der Waals surface area contributed by atoms with Crippen molar-refractivity contribution in [2.75, 3.05) is 47.5 Å². The number of carbonyl (C=O) groups is 1. The fourth-order valence-electron chi connectivity index (χ4n) is 5.24. The number of unbranched alkanes of at least 4 members (excludes halogenated alkanes) is 16. The molecule has 0 rings (SSSR count). The number of phosphoric ester groups is 1. The molecule has 0 aliphatic carbocycles. The summed E-state index contributed by atoms with van der Waals surface area (Å²) in [6.45, 7) is 4.80. The number of quaternary nitrogens is 1. The van der Waals surface area contributed by atoms with E-state index in [1.54, 1.807) is 6.26 Å². The summed E-state index contributed by atoms with van der Waals surface area (Å²) in [6.07, 6.45) is 46.4. The van der Waals surface area contributed by atoms with Crippen LogP contribution in [0, 0.1) is 0 Å². The molecule has 0 aliphatic rings. The second kappa shape index (κ2) is 37.0. The van der Waals surface area contributed by atoms with Crippen LogP contribution in [-0.4, -0.2) is 69.0 Å². The van der Waals surface area contributed by atoms with E-state index in [9.17, 15) is 14.3 Å². The summed E-state index contributed by atoms with van der Waals surface area (Å²) >= 11 is 0. The highest BCUT2D eigenvalue weighted by Gasteiger charge is 2.25. The van der Waals surface area contributed by atoms with Crippen LogP contribution in [0.25, 0.3) is 0 Å². The molecular weight excluding hydrogens is 685 g/mol. The topological polar surface area (TPSA) is 91.3 Å². The standard InChI is InChI=1S/C44H80NO7P/c1-6-8-10-12-14-16-18-20-22-24-26-28-30-32-34-36-39-49-43(42-52-53(47,48)51-40-38-45(3,4)5)41-50-44(46)37-35-33-31-29-27-25-23-21-19-17-15-13-11-9-7-2/h15-18,21,23,27,29,36,39,43H,6-14,19-20,22,24-26,28,30-35,37-38,40-42H2,1-5H3/p+1/b17-15-,18-16-,23-21-,29-27-,39-36-. The van der Waals surface area contributed by atoms with Gasteiger partial charge in [0.05, 0.1) is 34.0 Å². The van der Waals surface area contributed by atoms with E-state index in [1.807, 2.05) is 27.2 Å². The van der Waals surface area contributed by atoms with Gasteiger partial charge in [0, 0.05) is 6.42 Å². The van der Waals surface area contributed by atoms with Crippen LogP contribution in [0.15, 0.2) is 60.9 Å². The molecule has 0 aliphatic heterocycles. The molecule has 0 saturated carbocycles. The van der Waals surface area contributed by atoms with E-state index in [2.05, 4.69) is 62.5 Å². The minimum Gasteiger partial charge on any atom is -0.492 e. The van der Waals surface area contributed by atoms with Crippen LogP contribution in [0.5, 0.6) is 0 Å². The Balaban J connectivity index is 4.40. The highest BCUT2D eigenvalue weighted by Crippen LogP contribution is 2.43. The Hall–Kier alpha value is -1.96. The van der Waals surface area contributed by atoms with Gasteiger partial charge in [0.1, 0.15) is 19.8 Å². The van der Waals surface area contributed by atoms with Crippen LogP contribution in [0.1, 0.15) is 162 Å². The van der Waals surface area contributed by atoms with Gasteiger partial charge in [-0.15, -0.1) is 0 Å². The number of ether oxygens (including phenoxy) is 2. The number of esters is 1. The monoisotopic (exact) mass is 767 g/mol. The van der Waals surface area contributed by atoms with E-state index in [0.717, 1.165) is 44.9 Å². The SMILES string of the molecule is CCCCC/C=C\C/C=C\C/C=C\CCCCC(=O)OCC(COP(=O)(O)OCC[N+](C)(C)C)O/C=C\CCCCCCCC/C=C\CCCCCC. The zero-order valence-corrected chi connectivity index (χ0v) is 35.6. The minimum absolute atomic E-state index is 0.0731. The van der Waals surface area contributed by atoms with Crippen molar-refractivity contribution in [3.05, 3.63) is 60.9 Å². The van der Waals surface area contributed by atoms with Crippen LogP contribution in [0.4, 0.5) is 0 Å². The third-order valence-electron chi connectivity index (χ3n) is 8.64. The van der Waals surface area contributed by atoms with Gasteiger partial charge < -0.3 is 18.9 Å². The van der Waals surface area contributed by atoms with Crippen LogP contribution in [-0.2, 0) is 27.9 Å². The predicted molar refractivity (Wildman–Crippen MR) is 224 cm³/mol. The van der Waals surface area contributed by atoms with E-state index >= 15 is 0 Å². The molecule has 0 aromatic rings. The van der Waals surface area contributed by atoms with Gasteiger partial charge in [-0.05, 0) is 89.5 Å². The lowest BCUT2D eigenvalue weighted by molar-refractivity contribution is -0.870. The molecule has 9 heteroatoms. The zero-order chi connectivity index (χ0) is 39.1. The molecule has 0 aromatic carbocycles. The Morgan fingerprint density at radius 3 is 1.62 bits per heavy atom. The summed E-state index contributed by atoms with van der Waals surface area (Å²) in [6, 6.07) is 0. The van der Waals surface area contributed by atoms with Gasteiger partial charge in [0.2, 0.25) is 0 Å². The van der Waals surface area contributed by atoms with Gasteiger partial charge in [-0.2, -0.15) is 0 Å². The average Bonchev–Trinajstić information content (AvgIpc) is 3.11. The summed E-state index contributed by atoms with van der Waals surface area (Å²) < 4.78 is 34.7. The summed E-state index contributed by atoms with van der Waals surface area (Å²) in [5.74, 6) is -0.318. The summed E-state index contributed by atoms with van der Waals surface area (Å²) in [5, 5.41) is 0.